The zero-order valence-electron chi connectivity index (χ0n) is 10.2. The Morgan fingerprint density at radius 1 is 1.25 bits per heavy atom. The fraction of sp³-hybridized carbons (Fsp3) is 0.500. The lowest BCUT2D eigenvalue weighted by atomic mass is 10.0. The molecule has 0 amide bonds. The number of likely N-dealkylation sites (N-methyl/N-ethyl adjacent to an activating group) is 1. The summed E-state index contributed by atoms with van der Waals surface area (Å²) in [5.74, 6) is 1.35. The highest BCUT2D eigenvalue weighted by molar-refractivity contribution is 5.42. The molecule has 2 atom stereocenters. The fourth-order valence-corrected chi connectivity index (χ4v) is 1.49. The Labute approximate surface area is 96.2 Å². The van der Waals surface area contributed by atoms with Gasteiger partial charge in [0.05, 0.1) is 20.3 Å². The first-order valence-corrected chi connectivity index (χ1v) is 5.21. The van der Waals surface area contributed by atoms with Crippen molar-refractivity contribution in [3.63, 3.8) is 0 Å². The van der Waals surface area contributed by atoms with Crippen LogP contribution in [0.2, 0.25) is 0 Å². The van der Waals surface area contributed by atoms with Gasteiger partial charge in [-0.25, -0.2) is 0 Å². The number of hydrogen-bond donors (Lipinski definition) is 2. The summed E-state index contributed by atoms with van der Waals surface area (Å²) >= 11 is 0. The molecule has 0 saturated heterocycles. The van der Waals surface area contributed by atoms with Crippen molar-refractivity contribution in [2.45, 2.75) is 19.1 Å². The lowest BCUT2D eigenvalue weighted by Crippen LogP contribution is -2.28. The summed E-state index contributed by atoms with van der Waals surface area (Å²) in [6.45, 7) is 1.91. The summed E-state index contributed by atoms with van der Waals surface area (Å²) in [4.78, 5) is 0. The minimum atomic E-state index is -0.606. The van der Waals surface area contributed by atoms with Crippen molar-refractivity contribution in [1.82, 2.24) is 5.32 Å². The summed E-state index contributed by atoms with van der Waals surface area (Å²) in [5.41, 5.74) is 0.755. The van der Waals surface area contributed by atoms with Crippen molar-refractivity contribution in [3.05, 3.63) is 23.8 Å². The lowest BCUT2D eigenvalue weighted by molar-refractivity contribution is 0.136. The minimum Gasteiger partial charge on any atom is -0.497 e. The molecule has 4 heteroatoms. The molecule has 0 fully saturated rings. The highest BCUT2D eigenvalue weighted by atomic mass is 16.5. The average molecular weight is 225 g/mol. The average Bonchev–Trinajstić information content (AvgIpc) is 2.35. The molecule has 1 aromatic rings. The predicted octanol–water partition coefficient (Wildman–Crippen LogP) is 1.35. The van der Waals surface area contributed by atoms with Crippen LogP contribution < -0.4 is 14.8 Å². The maximum atomic E-state index is 10.1. The molecule has 90 valence electrons. The van der Waals surface area contributed by atoms with E-state index in [9.17, 15) is 5.11 Å². The number of aliphatic hydroxyl groups is 1. The molecule has 0 aliphatic carbocycles. The molecule has 0 aliphatic rings. The van der Waals surface area contributed by atoms with Crippen LogP contribution in [0.15, 0.2) is 18.2 Å². The third-order valence-corrected chi connectivity index (χ3v) is 2.69. The smallest absolute Gasteiger partial charge is 0.128 e. The van der Waals surface area contributed by atoms with Crippen LogP contribution in [0.4, 0.5) is 0 Å². The first-order chi connectivity index (χ1) is 7.63. The Hall–Kier alpha value is -1.26. The second-order valence-corrected chi connectivity index (χ2v) is 3.63. The molecule has 0 aromatic heterocycles. The summed E-state index contributed by atoms with van der Waals surface area (Å²) in [5, 5.41) is 13.1. The van der Waals surface area contributed by atoms with Crippen molar-refractivity contribution >= 4 is 0 Å². The van der Waals surface area contributed by atoms with Gasteiger partial charge in [0.25, 0.3) is 0 Å². The van der Waals surface area contributed by atoms with E-state index in [4.69, 9.17) is 9.47 Å². The molecule has 1 aromatic carbocycles. The van der Waals surface area contributed by atoms with E-state index in [1.165, 1.54) is 0 Å². The lowest BCUT2D eigenvalue weighted by Gasteiger charge is -2.21. The molecular weight excluding hydrogens is 206 g/mol. The van der Waals surface area contributed by atoms with E-state index in [1.54, 1.807) is 20.3 Å². The summed E-state index contributed by atoms with van der Waals surface area (Å²) in [6.07, 6.45) is -0.606. The maximum Gasteiger partial charge on any atom is 0.128 e. The maximum absolute atomic E-state index is 10.1. The van der Waals surface area contributed by atoms with Gasteiger partial charge in [-0.15, -0.1) is 0 Å². The summed E-state index contributed by atoms with van der Waals surface area (Å²) in [7, 11) is 4.99. The van der Waals surface area contributed by atoms with E-state index in [0.29, 0.717) is 11.5 Å². The van der Waals surface area contributed by atoms with Crippen LogP contribution in [0, 0.1) is 0 Å². The van der Waals surface area contributed by atoms with E-state index in [-0.39, 0.29) is 6.04 Å². The van der Waals surface area contributed by atoms with Crippen molar-refractivity contribution in [3.8, 4) is 11.5 Å². The van der Waals surface area contributed by atoms with Gasteiger partial charge < -0.3 is 19.9 Å². The first kappa shape index (κ1) is 12.8. The van der Waals surface area contributed by atoms with Gasteiger partial charge in [0.2, 0.25) is 0 Å². The van der Waals surface area contributed by atoms with Crippen LogP contribution in [-0.4, -0.2) is 32.4 Å². The van der Waals surface area contributed by atoms with Crippen molar-refractivity contribution in [1.29, 1.82) is 0 Å². The second kappa shape index (κ2) is 5.72. The second-order valence-electron chi connectivity index (χ2n) is 3.63. The Morgan fingerprint density at radius 2 is 1.94 bits per heavy atom. The summed E-state index contributed by atoms with van der Waals surface area (Å²) in [6, 6.07) is 5.35. The third-order valence-electron chi connectivity index (χ3n) is 2.69. The van der Waals surface area contributed by atoms with Crippen molar-refractivity contribution in [2.24, 2.45) is 0 Å². The number of nitrogens with one attached hydrogen (secondary N) is 1. The van der Waals surface area contributed by atoms with E-state index in [0.717, 1.165) is 5.56 Å². The molecular formula is C12H19NO3. The molecule has 2 unspecified atom stereocenters. The van der Waals surface area contributed by atoms with Crippen LogP contribution in [0.25, 0.3) is 0 Å². The minimum absolute atomic E-state index is 0.0395. The highest BCUT2D eigenvalue weighted by Gasteiger charge is 2.19. The monoisotopic (exact) mass is 225 g/mol. The zero-order chi connectivity index (χ0) is 12.1. The molecule has 1 rings (SSSR count). The van der Waals surface area contributed by atoms with Gasteiger partial charge in [0.1, 0.15) is 11.5 Å². The Morgan fingerprint density at radius 3 is 2.44 bits per heavy atom. The number of hydrogen-bond acceptors (Lipinski definition) is 4. The van der Waals surface area contributed by atoms with Crippen LogP contribution in [0.5, 0.6) is 11.5 Å². The largest absolute Gasteiger partial charge is 0.497 e. The van der Waals surface area contributed by atoms with Crippen molar-refractivity contribution in [2.75, 3.05) is 21.3 Å². The van der Waals surface area contributed by atoms with Crippen LogP contribution in [0.3, 0.4) is 0 Å². The first-order valence-electron chi connectivity index (χ1n) is 5.21. The van der Waals surface area contributed by atoms with Crippen LogP contribution in [0.1, 0.15) is 18.6 Å². The highest BCUT2D eigenvalue weighted by Crippen LogP contribution is 2.30. The molecule has 16 heavy (non-hydrogen) atoms. The topological polar surface area (TPSA) is 50.7 Å². The molecule has 0 heterocycles. The number of aliphatic hydroxyl groups excluding tert-OH is 1. The van der Waals surface area contributed by atoms with Gasteiger partial charge in [0.15, 0.2) is 0 Å². The van der Waals surface area contributed by atoms with E-state index < -0.39 is 6.10 Å². The standard InChI is InChI=1S/C12H19NO3/c1-8(13-2)12(14)10-6-5-9(15-3)7-11(10)16-4/h5-8,12-14H,1-4H3. The van der Waals surface area contributed by atoms with E-state index in [2.05, 4.69) is 5.32 Å². The fourth-order valence-electron chi connectivity index (χ4n) is 1.49. The number of methoxy groups -OCH3 is 2. The Kier molecular flexibility index (Phi) is 4.58. The SMILES string of the molecule is CNC(C)C(O)c1ccc(OC)cc1OC. The third kappa shape index (κ3) is 2.65. The Bertz CT molecular complexity index is 341. The Balaban J connectivity index is 3.03. The van der Waals surface area contributed by atoms with E-state index >= 15 is 0 Å². The molecule has 0 radical (unpaired) electrons. The van der Waals surface area contributed by atoms with Gasteiger partial charge in [-0.2, -0.15) is 0 Å². The van der Waals surface area contributed by atoms with Crippen molar-refractivity contribution < 1.29 is 14.6 Å². The normalized spacial score (nSPS) is 14.3. The summed E-state index contributed by atoms with van der Waals surface area (Å²) < 4.78 is 10.3. The van der Waals surface area contributed by atoms with Gasteiger partial charge in [-0.05, 0) is 26.1 Å². The number of benzene rings is 1. The van der Waals surface area contributed by atoms with Gasteiger partial charge in [0, 0.05) is 17.7 Å². The molecule has 0 bridgehead atoms. The molecule has 2 N–H and O–H groups in total. The zero-order valence-corrected chi connectivity index (χ0v) is 10.2. The molecule has 4 nitrogen and oxygen atoms in total. The van der Waals surface area contributed by atoms with E-state index in [1.807, 2.05) is 26.1 Å². The van der Waals surface area contributed by atoms with Gasteiger partial charge in [-0.1, -0.05) is 0 Å². The number of rotatable bonds is 5. The van der Waals surface area contributed by atoms with Crippen LogP contribution in [-0.2, 0) is 0 Å². The molecule has 0 spiro atoms. The van der Waals surface area contributed by atoms with Crippen LogP contribution >= 0.6 is 0 Å². The predicted molar refractivity (Wildman–Crippen MR) is 63.0 cm³/mol. The molecule has 0 aliphatic heterocycles. The quantitative estimate of drug-likeness (QED) is 0.794. The molecule has 0 saturated carbocycles. The van der Waals surface area contributed by atoms with Gasteiger partial charge >= 0.3 is 0 Å². The number of ether oxygens (including phenoxy) is 2. The van der Waals surface area contributed by atoms with Gasteiger partial charge in [-0.3, -0.25) is 0 Å².